The van der Waals surface area contributed by atoms with E-state index in [1.54, 1.807) is 0 Å². The summed E-state index contributed by atoms with van der Waals surface area (Å²) in [6.45, 7) is 4.80. The zero-order valence-corrected chi connectivity index (χ0v) is 12.4. The first-order chi connectivity index (χ1) is 10.1. The number of rotatable bonds is 5. The van der Waals surface area contributed by atoms with Gasteiger partial charge in [-0.05, 0) is 44.9 Å². The number of hydrogen-bond donors (Lipinski definition) is 1. The minimum Gasteiger partial charge on any atom is -0.352 e. The van der Waals surface area contributed by atoms with E-state index in [0.717, 1.165) is 37.7 Å². The smallest absolute Gasteiger partial charge is 0.251 e. The van der Waals surface area contributed by atoms with Crippen LogP contribution >= 0.6 is 0 Å². The predicted octanol–water partition coefficient (Wildman–Crippen LogP) is 2.96. The van der Waals surface area contributed by atoms with Gasteiger partial charge < -0.3 is 10.2 Å². The fraction of sp³-hybridized carbons (Fsp3) is 0.562. The van der Waals surface area contributed by atoms with Crippen molar-refractivity contribution in [2.75, 3.05) is 19.6 Å². The van der Waals surface area contributed by atoms with E-state index in [4.69, 9.17) is 0 Å². The molecule has 1 aromatic carbocycles. The molecule has 3 nitrogen and oxygen atoms in total. The predicted molar refractivity (Wildman–Crippen MR) is 78.2 cm³/mol. The highest BCUT2D eigenvalue weighted by Gasteiger charge is 2.17. The topological polar surface area (TPSA) is 32.3 Å². The first kappa shape index (κ1) is 15.9. The summed E-state index contributed by atoms with van der Waals surface area (Å²) in [4.78, 5) is 14.2. The number of piperidine rings is 1. The number of carbonyl (C=O) groups is 1. The molecule has 1 amide bonds. The minimum absolute atomic E-state index is 0.0267. The van der Waals surface area contributed by atoms with Crippen molar-refractivity contribution in [1.29, 1.82) is 0 Å². The molecule has 1 heterocycles. The molecule has 0 bridgehead atoms. The monoisotopic (exact) mass is 296 g/mol. The van der Waals surface area contributed by atoms with Crippen molar-refractivity contribution >= 4 is 5.91 Å². The third-order valence-corrected chi connectivity index (χ3v) is 3.97. The van der Waals surface area contributed by atoms with Crippen LogP contribution in [0, 0.1) is 11.6 Å². The Morgan fingerprint density at radius 3 is 2.67 bits per heavy atom. The summed E-state index contributed by atoms with van der Waals surface area (Å²) in [7, 11) is 0. The maximum atomic E-state index is 13.0. The first-order valence-electron chi connectivity index (χ1n) is 7.54. The third kappa shape index (κ3) is 4.77. The van der Waals surface area contributed by atoms with Crippen LogP contribution < -0.4 is 5.32 Å². The summed E-state index contributed by atoms with van der Waals surface area (Å²) in [5.74, 6) is -1.90. The number of nitrogens with zero attached hydrogens (tertiary/aromatic N) is 1. The van der Waals surface area contributed by atoms with Gasteiger partial charge in [-0.1, -0.05) is 6.42 Å². The number of hydrogen-bond acceptors (Lipinski definition) is 2. The molecule has 1 unspecified atom stereocenters. The maximum Gasteiger partial charge on any atom is 0.251 e. The van der Waals surface area contributed by atoms with Crippen LogP contribution in [-0.2, 0) is 0 Å². The van der Waals surface area contributed by atoms with E-state index in [1.165, 1.54) is 19.3 Å². The van der Waals surface area contributed by atoms with Crippen molar-refractivity contribution in [1.82, 2.24) is 10.2 Å². The summed E-state index contributed by atoms with van der Waals surface area (Å²) in [5, 5.41) is 2.71. The Balaban J connectivity index is 1.74. The molecule has 1 aromatic rings. The molecule has 0 spiro atoms. The molecule has 1 saturated heterocycles. The van der Waals surface area contributed by atoms with E-state index >= 15 is 0 Å². The van der Waals surface area contributed by atoms with Crippen molar-refractivity contribution in [3.63, 3.8) is 0 Å². The Bertz CT molecular complexity index is 473. The molecule has 1 atom stereocenters. The molecule has 21 heavy (non-hydrogen) atoms. The number of likely N-dealkylation sites (tertiary alicyclic amines) is 1. The number of carbonyl (C=O) groups excluding carboxylic acids is 1. The summed E-state index contributed by atoms with van der Waals surface area (Å²) in [5.41, 5.74) is 0.0267. The lowest BCUT2D eigenvalue weighted by molar-refractivity contribution is 0.0948. The van der Waals surface area contributed by atoms with E-state index in [0.29, 0.717) is 12.6 Å². The van der Waals surface area contributed by atoms with Gasteiger partial charge in [0.05, 0.1) is 0 Å². The average Bonchev–Trinajstić information content (AvgIpc) is 2.44. The van der Waals surface area contributed by atoms with Crippen LogP contribution in [0.1, 0.15) is 43.0 Å². The fourth-order valence-electron chi connectivity index (χ4n) is 2.76. The van der Waals surface area contributed by atoms with Crippen LogP contribution in [0.5, 0.6) is 0 Å². The van der Waals surface area contributed by atoms with Crippen LogP contribution in [0.25, 0.3) is 0 Å². The molecule has 0 aliphatic carbocycles. The minimum atomic E-state index is -0.734. The van der Waals surface area contributed by atoms with Crippen molar-refractivity contribution < 1.29 is 13.6 Å². The summed E-state index contributed by atoms with van der Waals surface area (Å²) in [6, 6.07) is 3.46. The molecule has 0 radical (unpaired) electrons. The Hall–Kier alpha value is -1.49. The highest BCUT2D eigenvalue weighted by Crippen LogP contribution is 2.16. The van der Waals surface area contributed by atoms with Gasteiger partial charge >= 0.3 is 0 Å². The van der Waals surface area contributed by atoms with Gasteiger partial charge in [0.2, 0.25) is 0 Å². The molecule has 5 heteroatoms. The van der Waals surface area contributed by atoms with Crippen LogP contribution in [0.2, 0.25) is 0 Å². The normalized spacial score (nSPS) is 19.5. The van der Waals surface area contributed by atoms with Crippen LogP contribution in [0.15, 0.2) is 18.2 Å². The highest BCUT2D eigenvalue weighted by molar-refractivity contribution is 5.94. The third-order valence-electron chi connectivity index (χ3n) is 3.97. The molecule has 1 N–H and O–H groups in total. The van der Waals surface area contributed by atoms with Gasteiger partial charge in [0.15, 0.2) is 0 Å². The molecular formula is C16H22F2N2O. The molecule has 0 aromatic heterocycles. The molecule has 1 fully saturated rings. The fourth-order valence-corrected chi connectivity index (χ4v) is 2.76. The lowest BCUT2D eigenvalue weighted by Gasteiger charge is -2.33. The van der Waals surface area contributed by atoms with E-state index < -0.39 is 17.5 Å². The number of nitrogens with one attached hydrogen (secondary N) is 1. The van der Waals surface area contributed by atoms with Crippen molar-refractivity contribution in [2.24, 2.45) is 0 Å². The SMILES string of the molecule is CC1CCCCN1CCCNC(=O)c1cc(F)cc(F)c1. The zero-order valence-electron chi connectivity index (χ0n) is 12.4. The zero-order chi connectivity index (χ0) is 15.2. The molecule has 2 rings (SSSR count). The second-order valence-electron chi connectivity index (χ2n) is 5.65. The second-order valence-corrected chi connectivity index (χ2v) is 5.65. The van der Waals surface area contributed by atoms with E-state index in [1.807, 2.05) is 0 Å². The first-order valence-corrected chi connectivity index (χ1v) is 7.54. The van der Waals surface area contributed by atoms with E-state index in [-0.39, 0.29) is 5.56 Å². The second kappa shape index (κ2) is 7.50. The Labute approximate surface area is 124 Å². The van der Waals surface area contributed by atoms with Gasteiger partial charge in [-0.15, -0.1) is 0 Å². The molecule has 0 saturated carbocycles. The molecule has 1 aliphatic rings. The number of amides is 1. The van der Waals surface area contributed by atoms with Crippen LogP contribution in [-0.4, -0.2) is 36.5 Å². The number of halogens is 2. The number of benzene rings is 1. The largest absolute Gasteiger partial charge is 0.352 e. The van der Waals surface area contributed by atoms with Crippen molar-refractivity contribution in [3.8, 4) is 0 Å². The van der Waals surface area contributed by atoms with Gasteiger partial charge in [-0.2, -0.15) is 0 Å². The van der Waals surface area contributed by atoms with E-state index in [9.17, 15) is 13.6 Å². The van der Waals surface area contributed by atoms with Crippen LogP contribution in [0.3, 0.4) is 0 Å². The molecular weight excluding hydrogens is 274 g/mol. The lowest BCUT2D eigenvalue weighted by atomic mass is 10.0. The van der Waals surface area contributed by atoms with Gasteiger partial charge in [0.25, 0.3) is 5.91 Å². The van der Waals surface area contributed by atoms with E-state index in [2.05, 4.69) is 17.1 Å². The van der Waals surface area contributed by atoms with Gasteiger partial charge in [-0.3, -0.25) is 4.79 Å². The average molecular weight is 296 g/mol. The summed E-state index contributed by atoms with van der Waals surface area (Å²) < 4.78 is 26.1. The standard InChI is InChI=1S/C16H22F2N2O/c1-12-5-2-3-7-20(12)8-4-6-19-16(21)13-9-14(17)11-15(18)10-13/h9-12H,2-8H2,1H3,(H,19,21). The lowest BCUT2D eigenvalue weighted by Crippen LogP contribution is -2.39. The van der Waals surface area contributed by atoms with Crippen LogP contribution in [0.4, 0.5) is 8.78 Å². The summed E-state index contributed by atoms with van der Waals surface area (Å²) >= 11 is 0. The van der Waals surface area contributed by atoms with Crippen molar-refractivity contribution in [3.05, 3.63) is 35.4 Å². The Kier molecular flexibility index (Phi) is 5.67. The quantitative estimate of drug-likeness (QED) is 0.847. The highest BCUT2D eigenvalue weighted by atomic mass is 19.1. The maximum absolute atomic E-state index is 13.0. The van der Waals surface area contributed by atoms with Gasteiger partial charge in [0.1, 0.15) is 11.6 Å². The van der Waals surface area contributed by atoms with Gasteiger partial charge in [-0.25, -0.2) is 8.78 Å². The summed E-state index contributed by atoms with van der Waals surface area (Å²) in [6.07, 6.45) is 4.60. The Morgan fingerprint density at radius 1 is 1.29 bits per heavy atom. The van der Waals surface area contributed by atoms with Crippen molar-refractivity contribution in [2.45, 2.75) is 38.6 Å². The Morgan fingerprint density at radius 2 is 2.00 bits per heavy atom. The van der Waals surface area contributed by atoms with Gasteiger partial charge in [0, 0.05) is 30.8 Å². The molecule has 1 aliphatic heterocycles. The molecule has 116 valence electrons.